The van der Waals surface area contributed by atoms with Crippen LogP contribution >= 0.6 is 0 Å². The molecular formula is C23H24N6O3. The molecular weight excluding hydrogens is 408 g/mol. The molecule has 0 radical (unpaired) electrons. The number of hydrogen-bond donors (Lipinski definition) is 0. The van der Waals surface area contributed by atoms with Crippen molar-refractivity contribution in [3.05, 3.63) is 47.1 Å². The van der Waals surface area contributed by atoms with Crippen molar-refractivity contribution in [1.29, 1.82) is 0 Å². The Morgan fingerprint density at radius 3 is 1.53 bits per heavy atom. The first-order chi connectivity index (χ1) is 15.5. The van der Waals surface area contributed by atoms with Crippen LogP contribution in [0.25, 0.3) is 11.0 Å². The Balaban J connectivity index is 1.91. The number of nitrogens with zero attached hydrogens (tertiary/aromatic N) is 6. The van der Waals surface area contributed by atoms with Gasteiger partial charge in [0.2, 0.25) is 0 Å². The summed E-state index contributed by atoms with van der Waals surface area (Å²) in [6, 6.07) is 7.02. The third-order valence-electron chi connectivity index (χ3n) is 5.50. The van der Waals surface area contributed by atoms with Gasteiger partial charge in [-0.3, -0.25) is 19.4 Å². The summed E-state index contributed by atoms with van der Waals surface area (Å²) < 4.78 is 0. The lowest BCUT2D eigenvalue weighted by atomic mass is 10.1. The number of fused-ring (bicyclic) bond motifs is 2. The molecule has 0 unspecified atom stereocenters. The van der Waals surface area contributed by atoms with Crippen LogP contribution in [0.15, 0.2) is 47.1 Å². The van der Waals surface area contributed by atoms with Crippen LogP contribution in [0.1, 0.15) is 27.7 Å². The highest BCUT2D eigenvalue weighted by atomic mass is 16.2. The third-order valence-corrected chi connectivity index (χ3v) is 5.50. The van der Waals surface area contributed by atoms with Crippen LogP contribution in [0, 0.1) is 0 Å². The molecule has 1 fully saturated rings. The number of para-hydroxylation sites is 2. The predicted molar refractivity (Wildman–Crippen MR) is 120 cm³/mol. The largest absolute Gasteiger partial charge is 0.333 e. The lowest BCUT2D eigenvalue weighted by molar-refractivity contribution is -0.135. The van der Waals surface area contributed by atoms with Crippen molar-refractivity contribution in [1.82, 2.24) is 19.8 Å². The van der Waals surface area contributed by atoms with Crippen LogP contribution in [0.3, 0.4) is 0 Å². The van der Waals surface area contributed by atoms with E-state index in [-0.39, 0.29) is 18.7 Å². The number of likely N-dealkylation sites (N-methyl/N-ethyl adjacent to an activating group) is 2. The summed E-state index contributed by atoms with van der Waals surface area (Å²) in [6.45, 7) is 8.81. The van der Waals surface area contributed by atoms with Crippen LogP contribution in [-0.2, 0) is 9.59 Å². The zero-order valence-corrected chi connectivity index (χ0v) is 18.5. The number of urea groups is 1. The molecule has 0 bridgehead atoms. The van der Waals surface area contributed by atoms with Crippen molar-refractivity contribution in [2.45, 2.75) is 27.7 Å². The van der Waals surface area contributed by atoms with Gasteiger partial charge in [0, 0.05) is 26.2 Å². The molecule has 1 aromatic heterocycles. The van der Waals surface area contributed by atoms with E-state index in [1.54, 1.807) is 13.8 Å². The molecule has 0 saturated carbocycles. The van der Waals surface area contributed by atoms with E-state index < -0.39 is 17.8 Å². The molecule has 2 aliphatic heterocycles. The third kappa shape index (κ3) is 3.15. The van der Waals surface area contributed by atoms with E-state index in [4.69, 9.17) is 9.97 Å². The second-order valence-corrected chi connectivity index (χ2v) is 7.18. The van der Waals surface area contributed by atoms with Crippen molar-refractivity contribution >= 4 is 40.5 Å². The molecule has 0 aliphatic carbocycles. The maximum atomic E-state index is 12.8. The van der Waals surface area contributed by atoms with Crippen molar-refractivity contribution in [3.63, 3.8) is 0 Å². The van der Waals surface area contributed by atoms with Crippen molar-refractivity contribution in [2.24, 2.45) is 0 Å². The van der Waals surface area contributed by atoms with Gasteiger partial charge >= 0.3 is 6.03 Å². The van der Waals surface area contributed by atoms with Gasteiger partial charge in [-0.2, -0.15) is 0 Å². The van der Waals surface area contributed by atoms with Crippen LogP contribution in [-0.4, -0.2) is 63.8 Å². The summed E-state index contributed by atoms with van der Waals surface area (Å²) in [7, 11) is 0. The van der Waals surface area contributed by atoms with E-state index in [0.29, 0.717) is 30.5 Å². The molecule has 0 spiro atoms. The summed E-state index contributed by atoms with van der Waals surface area (Å²) in [5.74, 6) is 0.637. The Bertz CT molecular complexity index is 1160. The molecule has 3 heterocycles. The predicted octanol–water partition coefficient (Wildman–Crippen LogP) is 2.65. The fourth-order valence-corrected chi connectivity index (χ4v) is 3.89. The van der Waals surface area contributed by atoms with Crippen LogP contribution in [0.5, 0.6) is 0 Å². The van der Waals surface area contributed by atoms with E-state index in [9.17, 15) is 14.4 Å². The van der Waals surface area contributed by atoms with E-state index in [1.807, 2.05) is 47.9 Å². The van der Waals surface area contributed by atoms with Gasteiger partial charge in [-0.15, -0.1) is 0 Å². The Kier molecular flexibility index (Phi) is 5.53. The number of hydrogen-bond acceptors (Lipinski definition) is 7. The number of imide groups is 2. The Morgan fingerprint density at radius 1 is 0.688 bits per heavy atom. The smallest absolute Gasteiger partial charge is 0.302 e. The number of rotatable bonds is 4. The Labute approximate surface area is 185 Å². The minimum atomic E-state index is -0.663. The number of aromatic nitrogens is 2. The molecule has 164 valence electrons. The van der Waals surface area contributed by atoms with Gasteiger partial charge in [-0.25, -0.2) is 14.8 Å². The second-order valence-electron chi connectivity index (χ2n) is 7.18. The lowest BCUT2D eigenvalue weighted by Crippen LogP contribution is -2.55. The first kappa shape index (κ1) is 21.3. The molecule has 1 saturated heterocycles. The first-order valence-electron chi connectivity index (χ1n) is 10.7. The van der Waals surface area contributed by atoms with Gasteiger partial charge in [-0.05, 0) is 51.3 Å². The van der Waals surface area contributed by atoms with Crippen LogP contribution in [0.4, 0.5) is 16.4 Å². The van der Waals surface area contributed by atoms with Crippen LogP contribution in [0.2, 0.25) is 0 Å². The van der Waals surface area contributed by atoms with Crippen molar-refractivity contribution < 1.29 is 14.4 Å². The maximum Gasteiger partial charge on any atom is 0.333 e. The molecule has 2 aromatic rings. The van der Waals surface area contributed by atoms with Gasteiger partial charge < -0.3 is 9.80 Å². The monoisotopic (exact) mass is 432 g/mol. The number of benzene rings is 1. The van der Waals surface area contributed by atoms with Gasteiger partial charge in [0.25, 0.3) is 11.8 Å². The first-order valence-corrected chi connectivity index (χ1v) is 10.7. The molecule has 0 N–H and O–H groups in total. The summed E-state index contributed by atoms with van der Waals surface area (Å²) in [5, 5.41) is 0. The SMILES string of the molecule is CCN1C(=O)C(=C=C=C2N(CC)c3nc4ccccc4nc3N2CC)C(=O)N(CC)C1=O. The highest BCUT2D eigenvalue weighted by Crippen LogP contribution is 2.39. The zero-order valence-electron chi connectivity index (χ0n) is 18.5. The van der Waals surface area contributed by atoms with E-state index >= 15 is 0 Å². The average Bonchev–Trinajstić information content (AvgIpc) is 3.09. The highest BCUT2D eigenvalue weighted by Gasteiger charge is 2.41. The summed E-state index contributed by atoms with van der Waals surface area (Å²) in [4.78, 5) is 53.4. The molecule has 4 rings (SSSR count). The second kappa shape index (κ2) is 8.30. The van der Waals surface area contributed by atoms with Gasteiger partial charge in [-0.1, -0.05) is 12.1 Å². The maximum absolute atomic E-state index is 12.8. The summed E-state index contributed by atoms with van der Waals surface area (Å²) in [5.41, 5.74) is 7.13. The van der Waals surface area contributed by atoms with Crippen molar-refractivity contribution in [2.75, 3.05) is 36.0 Å². The van der Waals surface area contributed by atoms with Gasteiger partial charge in [0.15, 0.2) is 23.0 Å². The molecule has 0 atom stereocenters. The Hall–Kier alpha value is -3.93. The standard InChI is InChI=1S/C23H24N6O3/c1-5-26-18(14-13-15-21(30)28(7-3)23(32)29(8-4)22(15)31)27(6-2)20-19(26)24-16-11-9-10-12-17(16)25-20/h9-12H,5-8H2,1-4H3. The van der Waals surface area contributed by atoms with Crippen LogP contribution < -0.4 is 9.80 Å². The molecule has 1 aromatic carbocycles. The Morgan fingerprint density at radius 2 is 1.12 bits per heavy atom. The molecule has 9 nitrogen and oxygen atoms in total. The molecule has 2 aliphatic rings. The molecule has 4 amide bonds. The minimum absolute atomic E-state index is 0.164. The summed E-state index contributed by atoms with van der Waals surface area (Å²) in [6.07, 6.45) is 0. The molecule has 32 heavy (non-hydrogen) atoms. The highest BCUT2D eigenvalue weighted by molar-refractivity contribution is 6.28. The number of carbonyl (C=O) groups is 3. The van der Waals surface area contributed by atoms with Crippen molar-refractivity contribution in [3.8, 4) is 0 Å². The topological polar surface area (TPSA) is 90.0 Å². The fourth-order valence-electron chi connectivity index (χ4n) is 3.89. The van der Waals surface area contributed by atoms with Gasteiger partial charge in [0.05, 0.1) is 11.0 Å². The normalized spacial score (nSPS) is 16.2. The number of anilines is 2. The van der Waals surface area contributed by atoms with E-state index in [1.165, 1.54) is 0 Å². The lowest BCUT2D eigenvalue weighted by Gasteiger charge is -2.31. The fraction of sp³-hybridized carbons (Fsp3) is 0.348. The van der Waals surface area contributed by atoms with E-state index in [0.717, 1.165) is 20.8 Å². The zero-order chi connectivity index (χ0) is 23.0. The number of barbiturate groups is 1. The quantitative estimate of drug-likeness (QED) is 0.417. The minimum Gasteiger partial charge on any atom is -0.302 e. The number of carbonyl (C=O) groups excluding carboxylic acids is 3. The summed E-state index contributed by atoms with van der Waals surface area (Å²) >= 11 is 0. The van der Waals surface area contributed by atoms with E-state index in [2.05, 4.69) is 11.5 Å². The van der Waals surface area contributed by atoms with Gasteiger partial charge in [0.1, 0.15) is 0 Å². The number of amides is 4. The molecule has 9 heteroatoms. The average molecular weight is 432 g/mol.